The molecule has 1 aromatic rings. The van der Waals surface area contributed by atoms with E-state index in [0.717, 1.165) is 30.9 Å². The van der Waals surface area contributed by atoms with E-state index >= 15 is 0 Å². The molecule has 0 spiro atoms. The molecule has 2 aliphatic rings. The summed E-state index contributed by atoms with van der Waals surface area (Å²) in [6.07, 6.45) is 7.17. The first-order chi connectivity index (χ1) is 14.3. The lowest BCUT2D eigenvalue weighted by molar-refractivity contribution is -0.136. The monoisotopic (exact) mass is 418 g/mol. The predicted octanol–water partition coefficient (Wildman–Crippen LogP) is 2.01. The molecule has 2 amide bonds. The molecule has 1 N–H and O–H groups in total. The summed E-state index contributed by atoms with van der Waals surface area (Å²) in [4.78, 5) is 29.3. The highest BCUT2D eigenvalue weighted by Crippen LogP contribution is 2.27. The minimum atomic E-state index is -0.167. The number of hydrogen-bond acceptors (Lipinski definition) is 5. The highest BCUT2D eigenvalue weighted by atomic mass is 16.2. The molecule has 3 rings (SSSR count). The van der Waals surface area contributed by atoms with Gasteiger partial charge in [0.05, 0.1) is 12.6 Å². The largest absolute Gasteiger partial charge is 0.345 e. The van der Waals surface area contributed by atoms with Crippen LogP contribution in [0.15, 0.2) is 0 Å². The van der Waals surface area contributed by atoms with Gasteiger partial charge in [0.15, 0.2) is 5.82 Å². The Kier molecular flexibility index (Phi) is 7.86. The Labute approximate surface area is 180 Å². The summed E-state index contributed by atoms with van der Waals surface area (Å²) in [6, 6.07) is -0.167. The molecular weight excluding hydrogens is 380 g/mol. The molecule has 1 atom stereocenters. The van der Waals surface area contributed by atoms with Gasteiger partial charge in [-0.1, -0.05) is 33.1 Å². The van der Waals surface area contributed by atoms with Gasteiger partial charge in [-0.2, -0.15) is 0 Å². The Morgan fingerprint density at radius 3 is 2.50 bits per heavy atom. The topological polar surface area (TPSA) is 83.4 Å². The summed E-state index contributed by atoms with van der Waals surface area (Å²) in [6.45, 7) is 6.72. The Balaban J connectivity index is 1.71. The normalized spacial score (nSPS) is 18.9. The van der Waals surface area contributed by atoms with Crippen LogP contribution in [0.25, 0.3) is 0 Å². The van der Waals surface area contributed by atoms with E-state index in [1.807, 2.05) is 23.9 Å². The van der Waals surface area contributed by atoms with E-state index in [0.29, 0.717) is 44.4 Å². The molecule has 1 fully saturated rings. The van der Waals surface area contributed by atoms with Gasteiger partial charge in [-0.3, -0.25) is 9.59 Å². The number of fused-ring (bicyclic) bond motifs is 1. The van der Waals surface area contributed by atoms with Crippen molar-refractivity contribution in [1.29, 1.82) is 0 Å². The summed E-state index contributed by atoms with van der Waals surface area (Å²) in [5.41, 5.74) is 0. The summed E-state index contributed by atoms with van der Waals surface area (Å²) < 4.78 is 2.14. The number of nitrogens with zero attached hydrogens (tertiary/aromatic N) is 5. The predicted molar refractivity (Wildman–Crippen MR) is 116 cm³/mol. The molecular formula is C22H38N6O2. The van der Waals surface area contributed by atoms with Crippen molar-refractivity contribution in [2.45, 2.75) is 71.4 Å². The average Bonchev–Trinajstić information content (AvgIpc) is 2.98. The number of aromatic nitrogens is 3. The smallest absolute Gasteiger partial charge is 0.234 e. The quantitative estimate of drug-likeness (QED) is 0.732. The molecule has 0 saturated heterocycles. The van der Waals surface area contributed by atoms with Gasteiger partial charge in [0, 0.05) is 32.0 Å². The Morgan fingerprint density at radius 1 is 1.10 bits per heavy atom. The van der Waals surface area contributed by atoms with Crippen LogP contribution >= 0.6 is 0 Å². The zero-order valence-corrected chi connectivity index (χ0v) is 19.1. The van der Waals surface area contributed by atoms with Gasteiger partial charge in [-0.15, -0.1) is 10.2 Å². The molecule has 1 saturated carbocycles. The fourth-order valence-corrected chi connectivity index (χ4v) is 4.66. The molecule has 0 bridgehead atoms. The van der Waals surface area contributed by atoms with E-state index in [9.17, 15) is 9.59 Å². The van der Waals surface area contributed by atoms with Gasteiger partial charge in [-0.25, -0.2) is 0 Å². The van der Waals surface area contributed by atoms with Crippen LogP contribution < -0.4 is 5.32 Å². The molecule has 0 radical (unpaired) electrons. The Morgan fingerprint density at radius 2 is 1.83 bits per heavy atom. The zero-order valence-electron chi connectivity index (χ0n) is 19.1. The first-order valence-corrected chi connectivity index (χ1v) is 11.5. The molecule has 1 unspecified atom stereocenters. The van der Waals surface area contributed by atoms with Crippen molar-refractivity contribution < 1.29 is 9.59 Å². The van der Waals surface area contributed by atoms with Crippen molar-refractivity contribution in [3.05, 3.63) is 11.6 Å². The second-order valence-corrected chi connectivity index (χ2v) is 9.52. The minimum absolute atomic E-state index is 0.00859. The third-order valence-corrected chi connectivity index (χ3v) is 6.13. The number of amides is 2. The Hall–Kier alpha value is -1.96. The van der Waals surface area contributed by atoms with E-state index in [-0.39, 0.29) is 17.9 Å². The van der Waals surface area contributed by atoms with Crippen LogP contribution in [0.4, 0.5) is 0 Å². The fraction of sp³-hybridized carbons (Fsp3) is 0.818. The first-order valence-electron chi connectivity index (χ1n) is 11.5. The third kappa shape index (κ3) is 5.80. The third-order valence-electron chi connectivity index (χ3n) is 6.13. The summed E-state index contributed by atoms with van der Waals surface area (Å²) in [7, 11) is 3.77. The second kappa shape index (κ2) is 10.4. The molecule has 8 nitrogen and oxygen atoms in total. The number of carbonyl (C=O) groups is 2. The molecule has 0 aromatic carbocycles. The first kappa shape index (κ1) is 22.7. The maximum absolute atomic E-state index is 13.0. The van der Waals surface area contributed by atoms with Gasteiger partial charge in [0.25, 0.3) is 0 Å². The van der Waals surface area contributed by atoms with E-state index < -0.39 is 0 Å². The van der Waals surface area contributed by atoms with Crippen molar-refractivity contribution >= 4 is 11.8 Å². The molecule has 30 heavy (non-hydrogen) atoms. The highest BCUT2D eigenvalue weighted by molar-refractivity contribution is 5.79. The minimum Gasteiger partial charge on any atom is -0.345 e. The summed E-state index contributed by atoms with van der Waals surface area (Å²) >= 11 is 0. The molecule has 2 heterocycles. The number of hydrogen-bond donors (Lipinski definition) is 1. The highest BCUT2D eigenvalue weighted by Gasteiger charge is 2.30. The van der Waals surface area contributed by atoms with Gasteiger partial charge in [0.2, 0.25) is 11.8 Å². The van der Waals surface area contributed by atoms with Gasteiger partial charge in [0.1, 0.15) is 5.82 Å². The lowest BCUT2D eigenvalue weighted by atomic mass is 9.88. The number of nitrogens with one attached hydrogen (secondary N) is 1. The van der Waals surface area contributed by atoms with Crippen LogP contribution in [0.2, 0.25) is 0 Å². The average molecular weight is 419 g/mol. The number of rotatable bonds is 7. The molecule has 1 aromatic heterocycles. The van der Waals surface area contributed by atoms with Crippen molar-refractivity contribution in [2.24, 2.45) is 11.8 Å². The van der Waals surface area contributed by atoms with Crippen LogP contribution in [0.5, 0.6) is 0 Å². The van der Waals surface area contributed by atoms with Gasteiger partial charge in [-0.05, 0) is 39.3 Å². The van der Waals surface area contributed by atoms with Crippen molar-refractivity contribution in [3.8, 4) is 0 Å². The zero-order chi connectivity index (χ0) is 21.7. The van der Waals surface area contributed by atoms with Crippen molar-refractivity contribution in [3.63, 3.8) is 0 Å². The van der Waals surface area contributed by atoms with Crippen LogP contribution in [-0.2, 0) is 22.6 Å². The standard InChI is InChI=1S/C22H38N6O2/c1-16(2)14-18(23-20(29)15-26(3)4)21-25-24-19-10-11-27(12-13-28(19)21)22(30)17-8-6-5-7-9-17/h16-18H,5-15H2,1-4H3,(H,23,29). The van der Waals surface area contributed by atoms with Gasteiger partial charge >= 0.3 is 0 Å². The number of likely N-dealkylation sites (N-methyl/N-ethyl adjacent to an activating group) is 1. The van der Waals surface area contributed by atoms with Crippen LogP contribution in [0.3, 0.4) is 0 Å². The van der Waals surface area contributed by atoms with E-state index in [1.165, 1.54) is 19.3 Å². The fourth-order valence-electron chi connectivity index (χ4n) is 4.66. The van der Waals surface area contributed by atoms with Crippen LogP contribution in [-0.4, -0.2) is 70.1 Å². The van der Waals surface area contributed by atoms with Gasteiger partial charge < -0.3 is 19.7 Å². The lowest BCUT2D eigenvalue weighted by Crippen LogP contribution is -2.39. The Bertz CT molecular complexity index is 723. The maximum Gasteiger partial charge on any atom is 0.234 e. The SMILES string of the molecule is CC(C)CC(NC(=O)CN(C)C)c1nnc2n1CCN(C(=O)C1CCCCC1)CC2. The van der Waals surface area contributed by atoms with E-state index in [4.69, 9.17) is 0 Å². The van der Waals surface area contributed by atoms with Crippen LogP contribution in [0, 0.1) is 11.8 Å². The van der Waals surface area contributed by atoms with Crippen molar-refractivity contribution in [1.82, 2.24) is 29.9 Å². The van der Waals surface area contributed by atoms with E-state index in [1.54, 1.807) is 0 Å². The summed E-state index contributed by atoms with van der Waals surface area (Å²) in [5.74, 6) is 2.65. The summed E-state index contributed by atoms with van der Waals surface area (Å²) in [5, 5.41) is 12.1. The number of carbonyl (C=O) groups excluding carboxylic acids is 2. The molecule has 168 valence electrons. The lowest BCUT2D eigenvalue weighted by Gasteiger charge is -2.28. The molecule has 1 aliphatic carbocycles. The van der Waals surface area contributed by atoms with E-state index in [2.05, 4.69) is 33.9 Å². The molecule has 1 aliphatic heterocycles. The second-order valence-electron chi connectivity index (χ2n) is 9.52. The van der Waals surface area contributed by atoms with Crippen molar-refractivity contribution in [2.75, 3.05) is 33.7 Å². The van der Waals surface area contributed by atoms with Crippen LogP contribution in [0.1, 0.15) is 70.1 Å². The molecule has 8 heteroatoms. The maximum atomic E-state index is 13.0.